The topological polar surface area (TPSA) is 117 Å². The fraction of sp³-hybridized carbons (Fsp3) is 0.471. The van der Waals surface area contributed by atoms with Crippen LogP contribution in [0.3, 0.4) is 0 Å². The van der Waals surface area contributed by atoms with Gasteiger partial charge in [0.05, 0.1) is 11.9 Å². The monoisotopic (exact) mass is 398 g/mol. The van der Waals surface area contributed by atoms with Crippen molar-refractivity contribution in [3.8, 4) is 0 Å². The van der Waals surface area contributed by atoms with Crippen LogP contribution in [-0.2, 0) is 25.8 Å². The zero-order valence-corrected chi connectivity index (χ0v) is 16.1. The van der Waals surface area contributed by atoms with Gasteiger partial charge in [-0.05, 0) is 35.7 Å². The number of aromatic nitrogens is 7. The first-order valence-electron chi connectivity index (χ1n) is 9.30. The van der Waals surface area contributed by atoms with E-state index < -0.39 is 10.9 Å². The maximum Gasteiger partial charge on any atom is 0.490 e. The average molecular weight is 398 g/mol. The normalized spacial score (nSPS) is 16.7. The van der Waals surface area contributed by atoms with E-state index >= 15 is 0 Å². The van der Waals surface area contributed by atoms with E-state index in [1.807, 2.05) is 0 Å². The van der Waals surface area contributed by atoms with Crippen molar-refractivity contribution in [3.63, 3.8) is 0 Å². The van der Waals surface area contributed by atoms with Gasteiger partial charge in [-0.15, -0.1) is 16.4 Å². The minimum absolute atomic E-state index is 0.399. The fourth-order valence-corrected chi connectivity index (χ4v) is 5.13. The molecule has 28 heavy (non-hydrogen) atoms. The van der Waals surface area contributed by atoms with Crippen molar-refractivity contribution in [1.29, 1.82) is 0 Å². The molecule has 4 aromatic rings. The first-order chi connectivity index (χ1) is 13.6. The van der Waals surface area contributed by atoms with Gasteiger partial charge in [-0.25, -0.2) is 14.5 Å². The molecule has 10 nitrogen and oxygen atoms in total. The molecule has 0 fully saturated rings. The molecule has 0 amide bonds. The van der Waals surface area contributed by atoms with E-state index in [4.69, 9.17) is 4.98 Å². The number of thiophene rings is 1. The van der Waals surface area contributed by atoms with Crippen LogP contribution >= 0.6 is 11.3 Å². The molecule has 11 heteroatoms. The van der Waals surface area contributed by atoms with Crippen LogP contribution < -0.4 is 0 Å². The summed E-state index contributed by atoms with van der Waals surface area (Å²) in [4.78, 5) is 25.6. The molecular formula is C17H18N8O2S. The number of nitrogens with zero attached hydrogens (tertiary/aromatic N) is 8. The highest BCUT2D eigenvalue weighted by molar-refractivity contribution is 7.19. The lowest BCUT2D eigenvalue weighted by atomic mass is 9.86. The Labute approximate surface area is 163 Å². The third-order valence-corrected chi connectivity index (χ3v) is 6.52. The Morgan fingerprint density at radius 2 is 2.21 bits per heavy atom. The molecule has 1 atom stereocenters. The number of hydrogen-bond donors (Lipinski definition) is 0. The van der Waals surface area contributed by atoms with E-state index in [0.29, 0.717) is 18.8 Å². The molecule has 0 saturated heterocycles. The van der Waals surface area contributed by atoms with Gasteiger partial charge in [0.25, 0.3) is 0 Å². The first kappa shape index (κ1) is 17.2. The van der Waals surface area contributed by atoms with Crippen LogP contribution in [-0.4, -0.2) is 39.3 Å². The maximum absolute atomic E-state index is 10.7. The molecule has 1 unspecified atom stereocenters. The SMILES string of the molecule is CCC1CCc2c(sc3ncn4nc(CCn5cnc([N+](=O)[O-])n5)nc4c23)C1. The molecule has 1 aliphatic carbocycles. The second-order valence-electron chi connectivity index (χ2n) is 7.06. The molecule has 0 aromatic carbocycles. The summed E-state index contributed by atoms with van der Waals surface area (Å²) in [5, 5.41) is 20.2. The van der Waals surface area contributed by atoms with Gasteiger partial charge in [-0.3, -0.25) is 0 Å². The lowest BCUT2D eigenvalue weighted by Crippen LogP contribution is -2.11. The van der Waals surface area contributed by atoms with E-state index in [1.165, 1.54) is 34.3 Å². The zero-order valence-electron chi connectivity index (χ0n) is 15.3. The lowest BCUT2D eigenvalue weighted by molar-refractivity contribution is -0.394. The van der Waals surface area contributed by atoms with E-state index in [2.05, 4.69) is 27.1 Å². The van der Waals surface area contributed by atoms with Gasteiger partial charge < -0.3 is 10.1 Å². The molecule has 1 aliphatic rings. The molecule has 5 rings (SSSR count). The molecule has 4 aromatic heterocycles. The quantitative estimate of drug-likeness (QED) is 0.374. The van der Waals surface area contributed by atoms with Crippen LogP contribution in [0.2, 0.25) is 0 Å². The predicted octanol–water partition coefficient (Wildman–Crippen LogP) is 2.60. The van der Waals surface area contributed by atoms with Gasteiger partial charge in [0.15, 0.2) is 11.5 Å². The van der Waals surface area contributed by atoms with Gasteiger partial charge >= 0.3 is 5.95 Å². The zero-order chi connectivity index (χ0) is 19.3. The third-order valence-electron chi connectivity index (χ3n) is 5.36. The molecular weight excluding hydrogens is 380 g/mol. The Hall–Kier alpha value is -2.95. The summed E-state index contributed by atoms with van der Waals surface area (Å²) >= 11 is 1.78. The number of rotatable bonds is 5. The Bertz CT molecular complexity index is 1190. The van der Waals surface area contributed by atoms with Crippen molar-refractivity contribution in [3.05, 3.63) is 39.0 Å². The fourth-order valence-electron chi connectivity index (χ4n) is 3.83. The number of hydrogen-bond acceptors (Lipinski definition) is 8. The Kier molecular flexibility index (Phi) is 4.04. The van der Waals surface area contributed by atoms with Gasteiger partial charge in [0, 0.05) is 16.4 Å². The van der Waals surface area contributed by atoms with Crippen molar-refractivity contribution in [1.82, 2.24) is 34.3 Å². The van der Waals surface area contributed by atoms with Gasteiger partial charge in [0.2, 0.25) is 6.33 Å². The van der Waals surface area contributed by atoms with Crippen LogP contribution in [0.15, 0.2) is 12.7 Å². The van der Waals surface area contributed by atoms with Crippen LogP contribution in [0, 0.1) is 16.0 Å². The summed E-state index contributed by atoms with van der Waals surface area (Å²) in [7, 11) is 0. The third kappa shape index (κ3) is 2.82. The standard InChI is InChI=1S/C17H18N8O2S/c1-2-10-3-4-11-12(7-10)28-16-14(11)15-20-13(21-24(15)9-18-16)5-6-23-8-19-17(22-23)25(26)27/h8-10H,2-7H2,1H3. The van der Waals surface area contributed by atoms with Crippen molar-refractivity contribution in [2.75, 3.05) is 0 Å². The highest BCUT2D eigenvalue weighted by Crippen LogP contribution is 2.39. The summed E-state index contributed by atoms with van der Waals surface area (Å²) in [6.07, 6.45) is 8.20. The van der Waals surface area contributed by atoms with Crippen molar-refractivity contribution < 1.29 is 4.92 Å². The minimum atomic E-state index is -0.606. The highest BCUT2D eigenvalue weighted by Gasteiger charge is 2.24. The summed E-state index contributed by atoms with van der Waals surface area (Å²) in [6, 6.07) is 0. The van der Waals surface area contributed by atoms with Crippen LogP contribution in [0.4, 0.5) is 5.95 Å². The minimum Gasteiger partial charge on any atom is -0.390 e. The van der Waals surface area contributed by atoms with E-state index in [-0.39, 0.29) is 0 Å². The Morgan fingerprint density at radius 3 is 3.00 bits per heavy atom. The smallest absolute Gasteiger partial charge is 0.390 e. The van der Waals surface area contributed by atoms with Crippen molar-refractivity contribution in [2.45, 2.75) is 45.6 Å². The molecule has 0 saturated carbocycles. The molecule has 0 spiro atoms. The van der Waals surface area contributed by atoms with E-state index in [1.54, 1.807) is 22.2 Å². The van der Waals surface area contributed by atoms with E-state index in [9.17, 15) is 10.1 Å². The highest BCUT2D eigenvalue weighted by atomic mass is 32.1. The van der Waals surface area contributed by atoms with E-state index in [0.717, 1.165) is 34.6 Å². The largest absolute Gasteiger partial charge is 0.490 e. The van der Waals surface area contributed by atoms with Crippen molar-refractivity contribution in [2.24, 2.45) is 5.92 Å². The second-order valence-corrected chi connectivity index (χ2v) is 8.14. The maximum atomic E-state index is 10.7. The predicted molar refractivity (Wildman–Crippen MR) is 102 cm³/mol. The first-order valence-corrected chi connectivity index (χ1v) is 10.1. The van der Waals surface area contributed by atoms with Crippen LogP contribution in [0.25, 0.3) is 15.9 Å². The van der Waals surface area contributed by atoms with Crippen LogP contribution in [0.1, 0.15) is 36.0 Å². The number of fused-ring (bicyclic) bond motifs is 5. The Balaban J connectivity index is 1.46. The lowest BCUT2D eigenvalue weighted by Gasteiger charge is -2.20. The summed E-state index contributed by atoms with van der Waals surface area (Å²) in [5.74, 6) is 1.02. The van der Waals surface area contributed by atoms with Gasteiger partial charge in [-0.1, -0.05) is 18.3 Å². The molecule has 0 radical (unpaired) electrons. The Morgan fingerprint density at radius 1 is 1.32 bits per heavy atom. The summed E-state index contributed by atoms with van der Waals surface area (Å²) in [6.45, 7) is 2.68. The molecule has 0 aliphatic heterocycles. The summed E-state index contributed by atoms with van der Waals surface area (Å²) < 4.78 is 3.18. The number of nitro groups is 1. The van der Waals surface area contributed by atoms with Crippen molar-refractivity contribution >= 4 is 33.1 Å². The summed E-state index contributed by atoms with van der Waals surface area (Å²) in [5.41, 5.74) is 2.23. The van der Waals surface area contributed by atoms with Gasteiger partial charge in [-0.2, -0.15) is 4.68 Å². The molecule has 4 heterocycles. The second kappa shape index (κ2) is 6.59. The molecule has 144 valence electrons. The number of aryl methyl sites for hydroxylation is 3. The van der Waals surface area contributed by atoms with Gasteiger partial charge in [0.1, 0.15) is 11.2 Å². The molecule has 0 N–H and O–H groups in total. The van der Waals surface area contributed by atoms with Crippen LogP contribution in [0.5, 0.6) is 0 Å². The molecule has 0 bridgehead atoms. The average Bonchev–Trinajstić information content (AvgIpc) is 3.40.